The lowest BCUT2D eigenvalue weighted by atomic mass is 9.76. The fraction of sp³-hybridized carbons (Fsp3) is 0.400. The summed E-state index contributed by atoms with van der Waals surface area (Å²) in [6.45, 7) is 3.41. The van der Waals surface area contributed by atoms with Crippen LogP contribution in [0.15, 0.2) is 54.6 Å². The summed E-state index contributed by atoms with van der Waals surface area (Å²) in [6.07, 6.45) is 2.29. The molecule has 0 aromatic heterocycles. The lowest BCUT2D eigenvalue weighted by Crippen LogP contribution is -2.52. The van der Waals surface area contributed by atoms with Gasteiger partial charge in [0.25, 0.3) is 5.91 Å². The summed E-state index contributed by atoms with van der Waals surface area (Å²) < 4.78 is 0. The van der Waals surface area contributed by atoms with Crippen LogP contribution in [-0.2, 0) is 28.1 Å². The Morgan fingerprint density at radius 2 is 1.66 bits per heavy atom. The summed E-state index contributed by atoms with van der Waals surface area (Å²) in [5.74, 6) is -0.472. The molecule has 2 fully saturated rings. The summed E-state index contributed by atoms with van der Waals surface area (Å²) in [4.78, 5) is 44.3. The topological polar surface area (TPSA) is 73.0 Å². The molecule has 3 aliphatic rings. The zero-order valence-corrected chi connectivity index (χ0v) is 18.1. The number of carbonyl (C=O) groups is 3. The molecular weight excluding hydrogens is 404 g/mol. The number of aryl methyl sites for hydroxylation is 1. The highest BCUT2D eigenvalue weighted by molar-refractivity contribution is 6.09. The van der Waals surface area contributed by atoms with E-state index in [1.165, 1.54) is 5.56 Å². The number of hydrogen-bond acceptors (Lipinski definition) is 4. The van der Waals surface area contributed by atoms with Crippen LogP contribution in [0.5, 0.6) is 0 Å². The molecular formula is C25H28N4O3. The Kier molecular flexibility index (Phi) is 5.43. The molecule has 7 nitrogen and oxygen atoms in total. The molecule has 1 atom stereocenters. The van der Waals surface area contributed by atoms with Crippen LogP contribution in [0.4, 0.5) is 4.79 Å². The Hall–Kier alpha value is -3.19. The first-order chi connectivity index (χ1) is 15.6. The summed E-state index contributed by atoms with van der Waals surface area (Å²) in [5.41, 5.74) is 2.19. The number of amides is 4. The van der Waals surface area contributed by atoms with Gasteiger partial charge < -0.3 is 10.2 Å². The van der Waals surface area contributed by atoms with Crippen molar-refractivity contribution in [3.8, 4) is 0 Å². The van der Waals surface area contributed by atoms with Gasteiger partial charge in [0, 0.05) is 32.7 Å². The van der Waals surface area contributed by atoms with E-state index < -0.39 is 11.6 Å². The minimum Gasteiger partial charge on any atom is -0.339 e. The van der Waals surface area contributed by atoms with Crippen molar-refractivity contribution in [2.24, 2.45) is 0 Å². The Balaban J connectivity index is 1.22. The SMILES string of the molecule is O=C(CN1C(=O)NC2(CCCc3ccccc32)C1=O)N1CCN(Cc2ccccc2)CC1. The van der Waals surface area contributed by atoms with E-state index in [1.54, 1.807) is 4.90 Å². The van der Waals surface area contributed by atoms with Crippen LogP contribution < -0.4 is 5.32 Å². The third-order valence-electron chi connectivity index (χ3n) is 6.92. The first-order valence-corrected chi connectivity index (χ1v) is 11.3. The monoisotopic (exact) mass is 432 g/mol. The highest BCUT2D eigenvalue weighted by Gasteiger charge is 2.54. The summed E-state index contributed by atoms with van der Waals surface area (Å²) >= 11 is 0. The van der Waals surface area contributed by atoms with Gasteiger partial charge >= 0.3 is 6.03 Å². The number of benzene rings is 2. The third kappa shape index (κ3) is 3.66. The first-order valence-electron chi connectivity index (χ1n) is 11.3. The van der Waals surface area contributed by atoms with Crippen LogP contribution in [0.2, 0.25) is 0 Å². The molecule has 1 spiro atoms. The van der Waals surface area contributed by atoms with Crippen molar-refractivity contribution in [2.75, 3.05) is 32.7 Å². The molecule has 2 aromatic carbocycles. The molecule has 32 heavy (non-hydrogen) atoms. The maximum absolute atomic E-state index is 13.4. The van der Waals surface area contributed by atoms with Crippen molar-refractivity contribution in [1.29, 1.82) is 0 Å². The van der Waals surface area contributed by atoms with E-state index in [-0.39, 0.29) is 18.4 Å². The molecule has 2 aromatic rings. The van der Waals surface area contributed by atoms with Gasteiger partial charge in [0.15, 0.2) is 0 Å². The third-order valence-corrected chi connectivity index (χ3v) is 6.92. The van der Waals surface area contributed by atoms with E-state index in [4.69, 9.17) is 0 Å². The Morgan fingerprint density at radius 3 is 2.44 bits per heavy atom. The number of rotatable bonds is 4. The predicted octanol–water partition coefficient (Wildman–Crippen LogP) is 2.11. The summed E-state index contributed by atoms with van der Waals surface area (Å²) in [6, 6.07) is 17.6. The summed E-state index contributed by atoms with van der Waals surface area (Å²) in [5, 5.41) is 2.93. The lowest BCUT2D eigenvalue weighted by molar-refractivity contribution is -0.140. The Bertz CT molecular complexity index is 1030. The van der Waals surface area contributed by atoms with E-state index in [9.17, 15) is 14.4 Å². The highest BCUT2D eigenvalue weighted by atomic mass is 16.2. The quantitative estimate of drug-likeness (QED) is 0.752. The lowest BCUT2D eigenvalue weighted by Gasteiger charge is -2.35. The van der Waals surface area contributed by atoms with Crippen molar-refractivity contribution in [3.63, 3.8) is 0 Å². The highest BCUT2D eigenvalue weighted by Crippen LogP contribution is 2.39. The number of piperazine rings is 1. The predicted molar refractivity (Wildman–Crippen MR) is 120 cm³/mol. The molecule has 0 saturated carbocycles. The minimum absolute atomic E-state index is 0.172. The molecule has 2 heterocycles. The average Bonchev–Trinajstić information content (AvgIpc) is 3.05. The molecule has 4 amide bonds. The van der Waals surface area contributed by atoms with Crippen LogP contribution in [0.1, 0.15) is 29.5 Å². The van der Waals surface area contributed by atoms with E-state index in [0.29, 0.717) is 19.5 Å². The molecule has 0 radical (unpaired) electrons. The number of hydrogen-bond donors (Lipinski definition) is 1. The Labute approximate surface area is 188 Å². The van der Waals surface area contributed by atoms with Gasteiger partial charge in [-0.15, -0.1) is 0 Å². The van der Waals surface area contributed by atoms with Crippen molar-refractivity contribution < 1.29 is 14.4 Å². The molecule has 166 valence electrons. The van der Waals surface area contributed by atoms with Crippen molar-refractivity contribution in [1.82, 2.24) is 20.0 Å². The standard InChI is InChI=1S/C25H28N4O3/c30-22(28-15-13-27(14-16-28)17-19-7-2-1-3-8-19)18-29-23(31)25(26-24(29)32)12-6-10-20-9-4-5-11-21(20)25/h1-5,7-9,11H,6,10,12-18H2,(H,26,32). The molecule has 1 N–H and O–H groups in total. The average molecular weight is 433 g/mol. The van der Waals surface area contributed by atoms with Gasteiger partial charge in [-0.25, -0.2) is 4.79 Å². The van der Waals surface area contributed by atoms with Crippen LogP contribution in [-0.4, -0.2) is 65.3 Å². The number of nitrogens with one attached hydrogen (secondary N) is 1. The van der Waals surface area contributed by atoms with Gasteiger partial charge in [0.05, 0.1) is 0 Å². The van der Waals surface area contributed by atoms with Crippen LogP contribution in [0.3, 0.4) is 0 Å². The van der Waals surface area contributed by atoms with Gasteiger partial charge in [-0.1, -0.05) is 54.6 Å². The normalized spacial score (nSPS) is 23.4. The largest absolute Gasteiger partial charge is 0.339 e. The van der Waals surface area contributed by atoms with Gasteiger partial charge in [0.1, 0.15) is 12.1 Å². The van der Waals surface area contributed by atoms with Gasteiger partial charge in [0.2, 0.25) is 5.91 Å². The smallest absolute Gasteiger partial charge is 0.325 e. The molecule has 2 saturated heterocycles. The fourth-order valence-corrected chi connectivity index (χ4v) is 5.19. The second-order valence-corrected chi connectivity index (χ2v) is 8.88. The van der Waals surface area contributed by atoms with E-state index in [1.807, 2.05) is 42.5 Å². The maximum Gasteiger partial charge on any atom is 0.325 e. The van der Waals surface area contributed by atoms with Gasteiger partial charge in [-0.3, -0.25) is 19.4 Å². The van der Waals surface area contributed by atoms with Crippen molar-refractivity contribution in [3.05, 3.63) is 71.3 Å². The second-order valence-electron chi connectivity index (χ2n) is 8.88. The van der Waals surface area contributed by atoms with E-state index >= 15 is 0 Å². The number of fused-ring (bicyclic) bond motifs is 2. The molecule has 0 bridgehead atoms. The number of carbonyl (C=O) groups excluding carboxylic acids is 3. The first kappa shape index (κ1) is 20.7. The summed E-state index contributed by atoms with van der Waals surface area (Å²) in [7, 11) is 0. The zero-order valence-electron chi connectivity index (χ0n) is 18.1. The van der Waals surface area contributed by atoms with Crippen molar-refractivity contribution >= 4 is 17.8 Å². The van der Waals surface area contributed by atoms with E-state index in [0.717, 1.165) is 48.5 Å². The van der Waals surface area contributed by atoms with E-state index in [2.05, 4.69) is 22.3 Å². The van der Waals surface area contributed by atoms with Crippen LogP contribution in [0, 0.1) is 0 Å². The zero-order chi connectivity index (χ0) is 22.1. The minimum atomic E-state index is -1.03. The second kappa shape index (κ2) is 8.39. The number of nitrogens with zero attached hydrogens (tertiary/aromatic N) is 3. The Morgan fingerprint density at radius 1 is 0.938 bits per heavy atom. The van der Waals surface area contributed by atoms with Crippen molar-refractivity contribution in [2.45, 2.75) is 31.3 Å². The van der Waals surface area contributed by atoms with Crippen LogP contribution >= 0.6 is 0 Å². The number of imide groups is 1. The molecule has 7 heteroatoms. The van der Waals surface area contributed by atoms with Gasteiger partial charge in [-0.2, -0.15) is 0 Å². The van der Waals surface area contributed by atoms with Gasteiger partial charge in [-0.05, 0) is 36.0 Å². The van der Waals surface area contributed by atoms with Crippen LogP contribution in [0.25, 0.3) is 0 Å². The molecule has 1 unspecified atom stereocenters. The molecule has 5 rings (SSSR count). The number of urea groups is 1. The molecule has 2 aliphatic heterocycles. The molecule has 1 aliphatic carbocycles. The fourth-order valence-electron chi connectivity index (χ4n) is 5.19. The maximum atomic E-state index is 13.4.